The molecule has 8 heteroatoms. The molecule has 0 bridgehead atoms. The topological polar surface area (TPSA) is 80.9 Å². The van der Waals surface area contributed by atoms with Crippen molar-refractivity contribution < 1.29 is 4.79 Å². The molecule has 162 valence electrons. The van der Waals surface area contributed by atoms with Crippen LogP contribution in [0.1, 0.15) is 34.9 Å². The van der Waals surface area contributed by atoms with Crippen molar-refractivity contribution >= 4 is 11.7 Å². The van der Waals surface area contributed by atoms with Gasteiger partial charge in [0.05, 0.1) is 29.7 Å². The monoisotopic (exact) mass is 427 g/mol. The molecular formula is C24H25N7O. The summed E-state index contributed by atoms with van der Waals surface area (Å²) in [6.07, 6.45) is 12.7. The second-order valence-corrected chi connectivity index (χ2v) is 7.94. The van der Waals surface area contributed by atoms with Gasteiger partial charge in [0.15, 0.2) is 0 Å². The number of hydrogen-bond acceptors (Lipinski definition) is 5. The lowest BCUT2D eigenvalue weighted by molar-refractivity contribution is 0.102. The third-order valence-corrected chi connectivity index (χ3v) is 5.88. The largest absolute Gasteiger partial charge is 0.318 e. The maximum absolute atomic E-state index is 12.5. The Balaban J connectivity index is 1.21. The molecule has 0 aromatic carbocycles. The third-order valence-electron chi connectivity index (χ3n) is 5.88. The molecule has 0 spiro atoms. The molecule has 32 heavy (non-hydrogen) atoms. The standard InChI is InChI=1S/C24H25N7O/c32-24(19-4-1-10-25-16-19)28-23-7-12-27-31(23)20-8-14-29(15-9-20)18-22-6-3-13-30(22)21-5-2-11-26-17-21/h1-7,10-13,16-17,20H,8-9,14-15,18H2,(H,28,32). The zero-order valence-electron chi connectivity index (χ0n) is 17.7. The first-order chi connectivity index (χ1) is 15.8. The molecule has 0 unspecified atom stereocenters. The lowest BCUT2D eigenvalue weighted by Gasteiger charge is -2.32. The molecule has 5 rings (SSSR count). The van der Waals surface area contributed by atoms with Crippen molar-refractivity contribution in [3.8, 4) is 5.69 Å². The molecular weight excluding hydrogens is 402 g/mol. The third kappa shape index (κ3) is 4.31. The van der Waals surface area contributed by atoms with Crippen molar-refractivity contribution in [1.29, 1.82) is 0 Å². The summed E-state index contributed by atoms with van der Waals surface area (Å²) in [7, 11) is 0. The first-order valence-electron chi connectivity index (χ1n) is 10.8. The summed E-state index contributed by atoms with van der Waals surface area (Å²) in [5.41, 5.74) is 2.86. The molecule has 1 amide bonds. The van der Waals surface area contributed by atoms with Gasteiger partial charge in [-0.3, -0.25) is 19.7 Å². The van der Waals surface area contributed by atoms with Gasteiger partial charge in [0.2, 0.25) is 0 Å². The van der Waals surface area contributed by atoms with Crippen LogP contribution >= 0.6 is 0 Å². The minimum Gasteiger partial charge on any atom is -0.318 e. The molecule has 1 aliphatic heterocycles. The van der Waals surface area contributed by atoms with Gasteiger partial charge >= 0.3 is 0 Å². The van der Waals surface area contributed by atoms with Gasteiger partial charge in [-0.15, -0.1) is 0 Å². The highest BCUT2D eigenvalue weighted by Crippen LogP contribution is 2.27. The number of likely N-dealkylation sites (tertiary alicyclic amines) is 1. The maximum Gasteiger partial charge on any atom is 0.258 e. The van der Waals surface area contributed by atoms with E-state index in [0.717, 1.165) is 44.0 Å². The molecule has 0 saturated carbocycles. The molecule has 0 aliphatic carbocycles. The Hall–Kier alpha value is -3.78. The van der Waals surface area contributed by atoms with Gasteiger partial charge in [0.1, 0.15) is 5.82 Å². The number of aromatic nitrogens is 5. The minimum atomic E-state index is -0.173. The van der Waals surface area contributed by atoms with E-state index >= 15 is 0 Å². The Morgan fingerprint density at radius 1 is 0.969 bits per heavy atom. The van der Waals surface area contributed by atoms with Gasteiger partial charge in [-0.1, -0.05) is 0 Å². The molecule has 4 aromatic heterocycles. The van der Waals surface area contributed by atoms with E-state index in [1.165, 1.54) is 5.69 Å². The lowest BCUT2D eigenvalue weighted by atomic mass is 10.0. The van der Waals surface area contributed by atoms with Crippen LogP contribution < -0.4 is 5.32 Å². The van der Waals surface area contributed by atoms with Gasteiger partial charge in [-0.05, 0) is 49.2 Å². The lowest BCUT2D eigenvalue weighted by Crippen LogP contribution is -2.35. The summed E-state index contributed by atoms with van der Waals surface area (Å²) < 4.78 is 4.14. The predicted octanol–water partition coefficient (Wildman–Crippen LogP) is 3.55. The van der Waals surface area contributed by atoms with Crippen LogP contribution in [0.2, 0.25) is 0 Å². The molecule has 1 saturated heterocycles. The Bertz CT molecular complexity index is 1160. The second kappa shape index (κ2) is 9.15. The van der Waals surface area contributed by atoms with E-state index < -0.39 is 0 Å². The van der Waals surface area contributed by atoms with Crippen LogP contribution in [0, 0.1) is 0 Å². The number of nitrogens with one attached hydrogen (secondary N) is 1. The molecule has 5 heterocycles. The molecule has 0 radical (unpaired) electrons. The van der Waals surface area contributed by atoms with E-state index in [0.29, 0.717) is 5.56 Å². The molecule has 8 nitrogen and oxygen atoms in total. The molecule has 1 fully saturated rings. The van der Waals surface area contributed by atoms with Gasteiger partial charge in [0.25, 0.3) is 5.91 Å². The fourth-order valence-electron chi connectivity index (χ4n) is 4.23. The van der Waals surface area contributed by atoms with Crippen molar-refractivity contribution in [2.45, 2.75) is 25.4 Å². The summed E-state index contributed by atoms with van der Waals surface area (Å²) in [4.78, 5) is 23.2. The quantitative estimate of drug-likeness (QED) is 0.509. The fourth-order valence-corrected chi connectivity index (χ4v) is 4.23. The average molecular weight is 428 g/mol. The summed E-state index contributed by atoms with van der Waals surface area (Å²) in [5, 5.41) is 7.47. The number of rotatable bonds is 6. The summed E-state index contributed by atoms with van der Waals surface area (Å²) in [6, 6.07) is 13.9. The fraction of sp³-hybridized carbons (Fsp3) is 0.250. The molecule has 0 atom stereocenters. The Morgan fingerprint density at radius 3 is 2.53 bits per heavy atom. The van der Waals surface area contributed by atoms with Crippen molar-refractivity contribution in [3.63, 3.8) is 0 Å². The average Bonchev–Trinajstić information content (AvgIpc) is 3.50. The van der Waals surface area contributed by atoms with E-state index in [9.17, 15) is 4.79 Å². The first kappa shape index (κ1) is 20.1. The number of nitrogens with zero attached hydrogens (tertiary/aromatic N) is 6. The van der Waals surface area contributed by atoms with Crippen molar-refractivity contribution in [1.82, 2.24) is 29.2 Å². The normalized spacial score (nSPS) is 15.0. The number of pyridine rings is 2. The summed E-state index contributed by atoms with van der Waals surface area (Å²) in [5.74, 6) is 0.552. The van der Waals surface area contributed by atoms with Crippen molar-refractivity contribution in [3.05, 3.63) is 90.9 Å². The van der Waals surface area contributed by atoms with E-state index in [1.807, 2.05) is 23.0 Å². The second-order valence-electron chi connectivity index (χ2n) is 7.94. The van der Waals surface area contributed by atoms with E-state index in [2.05, 4.69) is 54.2 Å². The highest BCUT2D eigenvalue weighted by molar-refractivity contribution is 6.03. The van der Waals surface area contributed by atoms with Gasteiger partial charge in [-0.25, -0.2) is 4.68 Å². The highest BCUT2D eigenvalue weighted by Gasteiger charge is 2.24. The van der Waals surface area contributed by atoms with Crippen LogP contribution in [0.4, 0.5) is 5.82 Å². The molecule has 1 N–H and O–H groups in total. The Morgan fingerprint density at radius 2 is 1.78 bits per heavy atom. The first-order valence-corrected chi connectivity index (χ1v) is 10.8. The zero-order chi connectivity index (χ0) is 21.8. The molecule has 4 aromatic rings. The smallest absolute Gasteiger partial charge is 0.258 e. The number of carbonyl (C=O) groups excluding carboxylic acids is 1. The Kier molecular flexibility index (Phi) is 5.76. The van der Waals surface area contributed by atoms with E-state index in [-0.39, 0.29) is 11.9 Å². The minimum absolute atomic E-state index is 0.173. The zero-order valence-corrected chi connectivity index (χ0v) is 17.7. The number of hydrogen-bond donors (Lipinski definition) is 1. The van der Waals surface area contributed by atoms with Gasteiger partial charge < -0.3 is 9.88 Å². The molecule has 1 aliphatic rings. The van der Waals surface area contributed by atoms with Crippen LogP contribution in [0.15, 0.2) is 79.6 Å². The number of amides is 1. The number of anilines is 1. The summed E-state index contributed by atoms with van der Waals surface area (Å²) >= 11 is 0. The number of carbonyl (C=O) groups is 1. The van der Waals surface area contributed by atoms with Crippen LogP contribution in [0.25, 0.3) is 5.69 Å². The number of piperidine rings is 1. The van der Waals surface area contributed by atoms with E-state index in [4.69, 9.17) is 0 Å². The van der Waals surface area contributed by atoms with Gasteiger partial charge in [-0.2, -0.15) is 5.10 Å². The predicted molar refractivity (Wildman–Crippen MR) is 122 cm³/mol. The Labute approximate surface area is 186 Å². The summed E-state index contributed by atoms with van der Waals surface area (Å²) in [6.45, 7) is 2.83. The van der Waals surface area contributed by atoms with Crippen molar-refractivity contribution in [2.24, 2.45) is 0 Å². The van der Waals surface area contributed by atoms with Crippen LogP contribution in [0.3, 0.4) is 0 Å². The van der Waals surface area contributed by atoms with E-state index in [1.54, 1.807) is 36.9 Å². The van der Waals surface area contributed by atoms with Crippen LogP contribution in [-0.4, -0.2) is 48.2 Å². The van der Waals surface area contributed by atoms with Crippen molar-refractivity contribution in [2.75, 3.05) is 18.4 Å². The van der Waals surface area contributed by atoms with Gasteiger partial charge in [0, 0.05) is 56.2 Å². The SMILES string of the molecule is O=C(Nc1ccnn1C1CCN(Cc2cccn2-c2cccnc2)CC1)c1cccnc1. The maximum atomic E-state index is 12.5. The highest BCUT2D eigenvalue weighted by atomic mass is 16.1. The van der Waals surface area contributed by atoms with Crippen LogP contribution in [-0.2, 0) is 6.54 Å². The van der Waals surface area contributed by atoms with Crippen LogP contribution in [0.5, 0.6) is 0 Å².